The van der Waals surface area contributed by atoms with E-state index < -0.39 is 43.4 Å². The summed E-state index contributed by atoms with van der Waals surface area (Å²) in [6, 6.07) is 30.4. The highest BCUT2D eigenvalue weighted by molar-refractivity contribution is 6.11. The van der Waals surface area contributed by atoms with Gasteiger partial charge in [-0.25, -0.2) is 4.79 Å². The molecule has 4 aromatic carbocycles. The second kappa shape index (κ2) is 15.7. The van der Waals surface area contributed by atoms with E-state index in [1.807, 2.05) is 6.07 Å². The Balaban J connectivity index is 1.72. The molecular weight excluding hydrogens is 600 g/mol. The first-order valence-electron chi connectivity index (χ1n) is 14.6. The van der Waals surface area contributed by atoms with Crippen molar-refractivity contribution in [1.29, 1.82) is 0 Å². The van der Waals surface area contributed by atoms with Crippen LogP contribution in [0, 0.1) is 0 Å². The fourth-order valence-corrected chi connectivity index (χ4v) is 4.68. The summed E-state index contributed by atoms with van der Waals surface area (Å²) in [6.07, 6.45) is 0. The molecule has 0 saturated carbocycles. The van der Waals surface area contributed by atoms with Gasteiger partial charge in [0.05, 0.1) is 11.4 Å². The van der Waals surface area contributed by atoms with Crippen molar-refractivity contribution in [3.63, 3.8) is 0 Å². The van der Waals surface area contributed by atoms with Gasteiger partial charge in [0.1, 0.15) is 18.8 Å². The van der Waals surface area contributed by atoms with Crippen molar-refractivity contribution < 1.29 is 29.1 Å². The number of ether oxygens (including phenoxy) is 1. The van der Waals surface area contributed by atoms with E-state index in [0.717, 1.165) is 0 Å². The van der Waals surface area contributed by atoms with Gasteiger partial charge >= 0.3 is 6.03 Å². The molecule has 0 radical (unpaired) electrons. The average molecular weight is 637 g/mol. The fourth-order valence-electron chi connectivity index (χ4n) is 4.68. The predicted octanol–water partition coefficient (Wildman–Crippen LogP) is 4.51. The Kier molecular flexibility index (Phi) is 11.3. The van der Waals surface area contributed by atoms with E-state index in [9.17, 15) is 24.4 Å². The van der Waals surface area contributed by atoms with Gasteiger partial charge in [-0.3, -0.25) is 29.1 Å². The number of benzene rings is 4. The molecule has 4 aromatic rings. The molecule has 0 unspecified atom stereocenters. The SMILES string of the molecule is C/C(=N\O)c1cccc(N(C)C(=O)N(CC(=O)N(CC(=O)N(C)c2ccccc2)c2ccccc2OCC(N)=O)c2ccccc2)c1. The summed E-state index contributed by atoms with van der Waals surface area (Å²) in [5, 5.41) is 12.5. The van der Waals surface area contributed by atoms with Crippen molar-refractivity contribution in [2.24, 2.45) is 10.9 Å². The third kappa shape index (κ3) is 8.51. The van der Waals surface area contributed by atoms with Crippen LogP contribution >= 0.6 is 0 Å². The van der Waals surface area contributed by atoms with Gasteiger partial charge in [-0.15, -0.1) is 0 Å². The summed E-state index contributed by atoms with van der Waals surface area (Å²) >= 11 is 0. The van der Waals surface area contributed by atoms with Crippen molar-refractivity contribution in [2.45, 2.75) is 6.92 Å². The van der Waals surface area contributed by atoms with Gasteiger partial charge < -0.3 is 20.6 Å². The minimum atomic E-state index is -0.717. The van der Waals surface area contributed by atoms with Gasteiger partial charge in [0, 0.05) is 36.7 Å². The topological polar surface area (TPSA) is 149 Å². The molecule has 0 bridgehead atoms. The third-order valence-electron chi connectivity index (χ3n) is 7.32. The van der Waals surface area contributed by atoms with Crippen LogP contribution in [0.25, 0.3) is 0 Å². The van der Waals surface area contributed by atoms with Crippen molar-refractivity contribution in [3.05, 3.63) is 115 Å². The number of nitrogens with two attached hydrogens (primary N) is 1. The Morgan fingerprint density at radius 3 is 1.91 bits per heavy atom. The lowest BCUT2D eigenvalue weighted by Gasteiger charge is -2.32. The molecule has 12 nitrogen and oxygen atoms in total. The molecule has 0 aliphatic carbocycles. The van der Waals surface area contributed by atoms with Gasteiger partial charge in [-0.05, 0) is 55.5 Å². The van der Waals surface area contributed by atoms with Crippen molar-refractivity contribution in [3.8, 4) is 5.75 Å². The number of para-hydroxylation sites is 4. The highest BCUT2D eigenvalue weighted by atomic mass is 16.5. The Morgan fingerprint density at radius 2 is 1.28 bits per heavy atom. The Morgan fingerprint density at radius 1 is 0.702 bits per heavy atom. The van der Waals surface area contributed by atoms with Crippen LogP contribution in [-0.4, -0.2) is 68.5 Å². The Hall–Kier alpha value is -6.17. The van der Waals surface area contributed by atoms with E-state index in [2.05, 4.69) is 5.16 Å². The number of likely N-dealkylation sites (N-methyl/N-ethyl adjacent to an activating group) is 1. The lowest BCUT2D eigenvalue weighted by Crippen LogP contribution is -2.50. The summed E-state index contributed by atoms with van der Waals surface area (Å²) in [5.41, 5.74) is 8.04. The van der Waals surface area contributed by atoms with Crippen LogP contribution in [0.15, 0.2) is 114 Å². The maximum absolute atomic E-state index is 14.3. The standard InChI is InChI=1S/C35H36N6O6/c1-25(37-46)26-13-12-18-29(21-26)39(3)35(45)40(28-16-8-5-9-17-28)23-34(44)41(22-33(43)38(2)27-14-6-4-7-15-27)30-19-10-11-20-31(30)47-24-32(36)42/h4-21,46H,22-24H2,1-3H3,(H2,36,42)/b37-25+. The molecule has 0 fully saturated rings. The number of oxime groups is 1. The molecule has 5 amide bonds. The van der Waals surface area contributed by atoms with Crippen LogP contribution < -0.4 is 30.1 Å². The Bertz CT molecular complexity index is 1750. The summed E-state index contributed by atoms with van der Waals surface area (Å²) in [5.74, 6) is -1.58. The summed E-state index contributed by atoms with van der Waals surface area (Å²) in [4.78, 5) is 58.9. The highest BCUT2D eigenvalue weighted by Crippen LogP contribution is 2.30. The van der Waals surface area contributed by atoms with Crippen molar-refractivity contribution in [1.82, 2.24) is 0 Å². The summed E-state index contributed by atoms with van der Waals surface area (Å²) < 4.78 is 5.62. The van der Waals surface area contributed by atoms with Gasteiger partial charge in [-0.1, -0.05) is 65.8 Å². The Labute approximate surface area is 272 Å². The number of carbonyl (C=O) groups is 4. The molecule has 0 spiro atoms. The maximum Gasteiger partial charge on any atom is 0.329 e. The lowest BCUT2D eigenvalue weighted by molar-refractivity contribution is -0.121. The van der Waals surface area contributed by atoms with Crippen molar-refractivity contribution in [2.75, 3.05) is 53.4 Å². The molecule has 4 rings (SSSR count). The number of carbonyl (C=O) groups excluding carboxylic acids is 4. The molecule has 0 saturated heterocycles. The number of rotatable bonds is 12. The van der Waals surface area contributed by atoms with E-state index in [4.69, 9.17) is 10.5 Å². The monoisotopic (exact) mass is 636 g/mol. The van der Waals surface area contributed by atoms with Gasteiger partial charge in [0.15, 0.2) is 6.61 Å². The summed E-state index contributed by atoms with van der Waals surface area (Å²) in [7, 11) is 3.16. The fraction of sp³-hybridized carbons (Fsp3) is 0.171. The largest absolute Gasteiger partial charge is 0.482 e. The zero-order valence-corrected chi connectivity index (χ0v) is 26.3. The molecular formula is C35H36N6O6. The minimum Gasteiger partial charge on any atom is -0.482 e. The number of anilines is 4. The number of nitrogens with zero attached hydrogens (tertiary/aromatic N) is 5. The molecule has 0 aliphatic heterocycles. The average Bonchev–Trinajstić information content (AvgIpc) is 3.11. The van der Waals surface area contributed by atoms with Gasteiger partial charge in [0.25, 0.3) is 5.91 Å². The van der Waals surface area contributed by atoms with Crippen LogP contribution in [0.1, 0.15) is 12.5 Å². The number of urea groups is 1. The number of primary amides is 1. The number of hydrogen-bond donors (Lipinski definition) is 2. The van der Waals surface area contributed by atoms with E-state index in [-0.39, 0.29) is 11.4 Å². The van der Waals surface area contributed by atoms with Crippen LogP contribution in [0.2, 0.25) is 0 Å². The molecule has 3 N–H and O–H groups in total. The first-order valence-corrected chi connectivity index (χ1v) is 14.6. The zero-order chi connectivity index (χ0) is 33.9. The molecule has 0 aromatic heterocycles. The lowest BCUT2D eigenvalue weighted by atomic mass is 10.1. The number of hydrogen-bond acceptors (Lipinski definition) is 7. The normalized spacial score (nSPS) is 10.9. The van der Waals surface area contributed by atoms with E-state index in [1.54, 1.807) is 124 Å². The molecule has 0 atom stereocenters. The molecule has 47 heavy (non-hydrogen) atoms. The van der Waals surface area contributed by atoms with Crippen LogP contribution in [0.3, 0.4) is 0 Å². The van der Waals surface area contributed by atoms with E-state index in [0.29, 0.717) is 28.3 Å². The molecule has 0 aliphatic rings. The first-order chi connectivity index (χ1) is 22.6. The van der Waals surface area contributed by atoms with Crippen LogP contribution in [0.4, 0.5) is 27.5 Å². The minimum absolute atomic E-state index is 0.155. The predicted molar refractivity (Wildman–Crippen MR) is 181 cm³/mol. The van der Waals surface area contributed by atoms with Gasteiger partial charge in [-0.2, -0.15) is 0 Å². The van der Waals surface area contributed by atoms with Crippen LogP contribution in [0.5, 0.6) is 5.75 Å². The first kappa shape index (κ1) is 33.7. The van der Waals surface area contributed by atoms with E-state index >= 15 is 0 Å². The second-order valence-corrected chi connectivity index (χ2v) is 10.5. The third-order valence-corrected chi connectivity index (χ3v) is 7.32. The second-order valence-electron chi connectivity index (χ2n) is 10.5. The summed E-state index contributed by atoms with van der Waals surface area (Å²) in [6.45, 7) is 0.313. The number of amides is 5. The van der Waals surface area contributed by atoms with E-state index in [1.165, 1.54) is 19.6 Å². The maximum atomic E-state index is 14.3. The van der Waals surface area contributed by atoms with Gasteiger partial charge in [0.2, 0.25) is 11.8 Å². The van der Waals surface area contributed by atoms with Crippen molar-refractivity contribution >= 4 is 52.2 Å². The molecule has 0 heterocycles. The zero-order valence-electron chi connectivity index (χ0n) is 26.3. The highest BCUT2D eigenvalue weighted by Gasteiger charge is 2.30. The smallest absolute Gasteiger partial charge is 0.329 e. The quantitative estimate of drug-likeness (QED) is 0.133. The van der Waals surface area contributed by atoms with Crippen LogP contribution in [-0.2, 0) is 14.4 Å². The molecule has 12 heteroatoms. The molecule has 242 valence electrons.